The molecular formula is C28H20Cl2N8. The number of hydrogen-bond acceptors (Lipinski definition) is 6. The van der Waals surface area contributed by atoms with Crippen LogP contribution < -0.4 is 5.73 Å². The number of azo groups is 1. The highest BCUT2D eigenvalue weighted by Crippen LogP contribution is 2.38. The average Bonchev–Trinajstić information content (AvgIpc) is 3.43. The Bertz CT molecular complexity index is 1790. The maximum absolute atomic E-state index is 6.95. The molecule has 0 spiro atoms. The molecule has 0 unspecified atom stereocenters. The topological polar surface area (TPSA) is 98.8 Å². The largest absolute Gasteiger partial charge is 0.380 e. The second-order valence-electron chi connectivity index (χ2n) is 8.54. The molecule has 10 heteroatoms. The number of para-hydroxylation sites is 1. The minimum atomic E-state index is 0.186. The first-order chi connectivity index (χ1) is 18.5. The lowest BCUT2D eigenvalue weighted by Gasteiger charge is -2.09. The summed E-state index contributed by atoms with van der Waals surface area (Å²) in [7, 11) is 0. The molecule has 8 nitrogen and oxygen atoms in total. The minimum absolute atomic E-state index is 0.186. The third kappa shape index (κ3) is 4.30. The van der Waals surface area contributed by atoms with Gasteiger partial charge in [-0.15, -0.1) is 10.2 Å². The smallest absolute Gasteiger partial charge is 0.186 e. The quantitative estimate of drug-likeness (QED) is 0.226. The van der Waals surface area contributed by atoms with Crippen LogP contribution in [0.5, 0.6) is 0 Å². The van der Waals surface area contributed by atoms with E-state index >= 15 is 0 Å². The Balaban J connectivity index is 1.58. The van der Waals surface area contributed by atoms with Gasteiger partial charge in [0.15, 0.2) is 17.2 Å². The van der Waals surface area contributed by atoms with Gasteiger partial charge in [-0.3, -0.25) is 0 Å². The summed E-state index contributed by atoms with van der Waals surface area (Å²) in [6, 6.07) is 28.5. The van der Waals surface area contributed by atoms with E-state index in [1.54, 1.807) is 33.5 Å². The van der Waals surface area contributed by atoms with E-state index in [-0.39, 0.29) is 5.82 Å². The molecule has 0 fully saturated rings. The van der Waals surface area contributed by atoms with Gasteiger partial charge in [0.25, 0.3) is 0 Å². The number of aromatic nitrogens is 5. The van der Waals surface area contributed by atoms with Gasteiger partial charge in [-0.1, -0.05) is 71.7 Å². The fraction of sp³-hybridized carbons (Fsp3) is 0.0357. The van der Waals surface area contributed by atoms with E-state index in [4.69, 9.17) is 39.0 Å². The zero-order valence-electron chi connectivity index (χ0n) is 20.1. The van der Waals surface area contributed by atoms with Gasteiger partial charge in [0, 0.05) is 10.6 Å². The molecule has 0 saturated carbocycles. The summed E-state index contributed by atoms with van der Waals surface area (Å²) in [5.41, 5.74) is 12.4. The van der Waals surface area contributed by atoms with Gasteiger partial charge in [-0.05, 0) is 49.4 Å². The molecule has 3 aromatic carbocycles. The molecule has 2 N–H and O–H groups in total. The number of fused-ring (bicyclic) bond motifs is 1. The van der Waals surface area contributed by atoms with Crippen molar-refractivity contribution in [2.24, 2.45) is 10.2 Å². The summed E-state index contributed by atoms with van der Waals surface area (Å²) in [5.74, 6) is 0.186. The van der Waals surface area contributed by atoms with Crippen LogP contribution in [0.4, 0.5) is 17.2 Å². The van der Waals surface area contributed by atoms with Gasteiger partial charge in [0.2, 0.25) is 0 Å². The fourth-order valence-electron chi connectivity index (χ4n) is 4.20. The van der Waals surface area contributed by atoms with Gasteiger partial charge in [-0.25, -0.2) is 14.2 Å². The van der Waals surface area contributed by atoms with Crippen LogP contribution in [0, 0.1) is 6.92 Å². The highest BCUT2D eigenvalue weighted by molar-refractivity contribution is 6.32. The number of hydrogen-bond donors (Lipinski definition) is 1. The zero-order chi connectivity index (χ0) is 26.2. The molecule has 3 aromatic heterocycles. The number of nitrogen functional groups attached to an aromatic ring is 1. The highest BCUT2D eigenvalue weighted by atomic mass is 35.5. The highest BCUT2D eigenvalue weighted by Gasteiger charge is 2.23. The standard InChI is InChI=1S/C28H20Cl2N8/c1-17-24(26(30)37(35-17)21-10-6-3-7-11-21)23-16-22(18-8-4-2-5-9-18)32-28-25(27(31)36-38(23)28)34-33-20-14-12-19(29)13-15-20/h2-16H,1H3,(H2,31,36). The van der Waals surface area contributed by atoms with Crippen LogP contribution in [0.1, 0.15) is 5.69 Å². The van der Waals surface area contributed by atoms with Crippen LogP contribution in [0.3, 0.4) is 0 Å². The number of benzene rings is 3. The number of rotatable bonds is 5. The van der Waals surface area contributed by atoms with Crippen molar-refractivity contribution >= 4 is 46.0 Å². The molecule has 0 aliphatic carbocycles. The summed E-state index contributed by atoms with van der Waals surface area (Å²) < 4.78 is 3.35. The van der Waals surface area contributed by atoms with Crippen molar-refractivity contribution in [2.75, 3.05) is 5.73 Å². The fourth-order valence-corrected chi connectivity index (χ4v) is 4.69. The van der Waals surface area contributed by atoms with Crippen molar-refractivity contribution in [3.63, 3.8) is 0 Å². The molecule has 0 aliphatic heterocycles. The van der Waals surface area contributed by atoms with Crippen molar-refractivity contribution in [2.45, 2.75) is 6.92 Å². The summed E-state index contributed by atoms with van der Waals surface area (Å²) in [6.07, 6.45) is 0. The molecule has 0 radical (unpaired) electrons. The predicted octanol–water partition coefficient (Wildman–Crippen LogP) is 7.86. The van der Waals surface area contributed by atoms with E-state index in [0.717, 1.165) is 16.9 Å². The van der Waals surface area contributed by atoms with Crippen molar-refractivity contribution in [3.05, 3.63) is 107 Å². The first-order valence-corrected chi connectivity index (χ1v) is 12.5. The summed E-state index contributed by atoms with van der Waals surface area (Å²) in [6.45, 7) is 1.91. The zero-order valence-corrected chi connectivity index (χ0v) is 21.6. The SMILES string of the molecule is Cc1nn(-c2ccccc2)c(Cl)c1-c1cc(-c2ccccc2)nc2c(N=Nc3ccc(Cl)cc3)c(N)nn12. The third-order valence-corrected chi connectivity index (χ3v) is 6.61. The Labute approximate surface area is 228 Å². The molecule has 0 aliphatic rings. The molecule has 0 bridgehead atoms. The number of halogens is 2. The van der Waals surface area contributed by atoms with Crippen LogP contribution in [0.25, 0.3) is 33.8 Å². The molecule has 0 amide bonds. The van der Waals surface area contributed by atoms with Crippen LogP contribution in [-0.4, -0.2) is 24.4 Å². The second kappa shape index (κ2) is 9.74. The van der Waals surface area contributed by atoms with Gasteiger partial charge in [-0.2, -0.15) is 10.2 Å². The Hall–Kier alpha value is -4.53. The Kier molecular flexibility index (Phi) is 6.11. The van der Waals surface area contributed by atoms with Gasteiger partial charge in [0.05, 0.1) is 34.0 Å². The van der Waals surface area contributed by atoms with Crippen molar-refractivity contribution in [1.82, 2.24) is 24.4 Å². The Morgan fingerprint density at radius 1 is 0.816 bits per heavy atom. The summed E-state index contributed by atoms with van der Waals surface area (Å²) >= 11 is 13.0. The molecule has 6 aromatic rings. The lowest BCUT2D eigenvalue weighted by molar-refractivity contribution is 0.863. The maximum Gasteiger partial charge on any atom is 0.186 e. The number of aryl methyl sites for hydroxylation is 1. The second-order valence-corrected chi connectivity index (χ2v) is 9.33. The van der Waals surface area contributed by atoms with E-state index in [0.29, 0.717) is 44.1 Å². The van der Waals surface area contributed by atoms with E-state index in [9.17, 15) is 0 Å². The van der Waals surface area contributed by atoms with E-state index in [1.807, 2.05) is 73.7 Å². The Morgan fingerprint density at radius 2 is 1.50 bits per heavy atom. The maximum atomic E-state index is 6.95. The van der Waals surface area contributed by atoms with E-state index < -0.39 is 0 Å². The first kappa shape index (κ1) is 23.8. The summed E-state index contributed by atoms with van der Waals surface area (Å²) in [4.78, 5) is 4.88. The van der Waals surface area contributed by atoms with Crippen molar-refractivity contribution < 1.29 is 0 Å². The van der Waals surface area contributed by atoms with Crippen molar-refractivity contribution in [3.8, 4) is 28.2 Å². The molecular weight excluding hydrogens is 519 g/mol. The number of nitrogens with zero attached hydrogens (tertiary/aromatic N) is 7. The molecule has 3 heterocycles. The predicted molar refractivity (Wildman–Crippen MR) is 151 cm³/mol. The van der Waals surface area contributed by atoms with Crippen LogP contribution in [0.2, 0.25) is 10.2 Å². The molecule has 0 saturated heterocycles. The summed E-state index contributed by atoms with van der Waals surface area (Å²) in [5, 5.41) is 19.1. The van der Waals surface area contributed by atoms with E-state index in [2.05, 4.69) is 15.3 Å². The normalized spacial score (nSPS) is 11.6. The minimum Gasteiger partial charge on any atom is -0.380 e. The van der Waals surface area contributed by atoms with Crippen LogP contribution >= 0.6 is 23.2 Å². The molecule has 0 atom stereocenters. The number of anilines is 1. The number of nitrogens with two attached hydrogens (primary N) is 1. The van der Waals surface area contributed by atoms with Gasteiger partial charge >= 0.3 is 0 Å². The lowest BCUT2D eigenvalue weighted by atomic mass is 10.1. The van der Waals surface area contributed by atoms with Crippen molar-refractivity contribution in [1.29, 1.82) is 0 Å². The van der Waals surface area contributed by atoms with Crippen LogP contribution in [-0.2, 0) is 0 Å². The molecule has 6 rings (SSSR count). The monoisotopic (exact) mass is 538 g/mol. The molecule has 186 valence electrons. The van der Waals surface area contributed by atoms with Gasteiger partial charge < -0.3 is 5.73 Å². The molecule has 38 heavy (non-hydrogen) atoms. The lowest BCUT2D eigenvalue weighted by Crippen LogP contribution is -2.00. The average molecular weight is 539 g/mol. The first-order valence-electron chi connectivity index (χ1n) is 11.7. The van der Waals surface area contributed by atoms with E-state index in [1.165, 1.54) is 0 Å². The van der Waals surface area contributed by atoms with Gasteiger partial charge in [0.1, 0.15) is 5.15 Å². The van der Waals surface area contributed by atoms with Crippen LogP contribution in [0.15, 0.2) is 101 Å². The third-order valence-electron chi connectivity index (χ3n) is 6.01. The Morgan fingerprint density at radius 3 is 2.21 bits per heavy atom.